The second-order valence-electron chi connectivity index (χ2n) is 12.8. The molecule has 0 amide bonds. The third kappa shape index (κ3) is 15.9. The van der Waals surface area contributed by atoms with Crippen LogP contribution in [0.25, 0.3) is 0 Å². The predicted octanol–water partition coefficient (Wildman–Crippen LogP) is 4.94. The summed E-state index contributed by atoms with van der Waals surface area (Å²) in [6.45, 7) is 6.55. The Balaban J connectivity index is 1.25. The van der Waals surface area contributed by atoms with Crippen LogP contribution in [0.5, 0.6) is 34.5 Å². The van der Waals surface area contributed by atoms with Gasteiger partial charge in [-0.1, -0.05) is 0 Å². The molecular weight excluding hydrogens is 740 g/mol. The highest BCUT2D eigenvalue weighted by Gasteiger charge is 2.26. The van der Waals surface area contributed by atoms with E-state index in [2.05, 4.69) is 0 Å². The van der Waals surface area contributed by atoms with Crippen molar-refractivity contribution in [1.29, 1.82) is 0 Å². The van der Waals surface area contributed by atoms with Gasteiger partial charge in [-0.15, -0.1) is 0 Å². The molecule has 8 bridgehead atoms. The number of hydrogen-bond donors (Lipinski definition) is 0. The van der Waals surface area contributed by atoms with Crippen molar-refractivity contribution < 1.29 is 66.4 Å². The average Bonchev–Trinajstić information content (AvgIpc) is 3.77. The van der Waals surface area contributed by atoms with E-state index in [1.807, 2.05) is 48.5 Å². The maximum atomic E-state index is 12.7. The molecule has 0 unspecified atom stereocenters. The number of carbonyl (C=O) groups excluding carboxylic acids is 1. The van der Waals surface area contributed by atoms with Crippen LogP contribution in [-0.2, 0) is 57.8 Å². The van der Waals surface area contributed by atoms with Crippen molar-refractivity contribution in [2.45, 2.75) is 19.8 Å². The SMILES string of the molecule is O=C(OCc1cc2cc(c1)OCc1cc3cc(c1)OCCOCCOCCOCCOc1cc(cc(c1)OCCOCCOCCOCCO3)CO2)[C]1[CH][CH][CH][CH]1. The fraction of sp³-hybridized carbons (Fsp3) is 0.442. The van der Waals surface area contributed by atoms with Crippen molar-refractivity contribution in [3.8, 4) is 34.5 Å². The fourth-order valence-electron chi connectivity index (χ4n) is 5.68. The Morgan fingerprint density at radius 1 is 0.404 bits per heavy atom. The Bertz CT molecular complexity index is 1460. The second-order valence-corrected chi connectivity index (χ2v) is 12.8. The minimum Gasteiger partial charge on any atom is -0.491 e. The lowest BCUT2D eigenvalue weighted by Gasteiger charge is -2.16. The summed E-state index contributed by atoms with van der Waals surface area (Å²) in [4.78, 5) is 12.7. The van der Waals surface area contributed by atoms with Gasteiger partial charge in [0.15, 0.2) is 0 Å². The minimum atomic E-state index is -0.426. The third-order valence-corrected chi connectivity index (χ3v) is 8.37. The molecule has 0 N–H and O–H groups in total. The summed E-state index contributed by atoms with van der Waals surface area (Å²) in [6.07, 6.45) is 7.00. The zero-order valence-electron chi connectivity index (χ0n) is 32.2. The van der Waals surface area contributed by atoms with E-state index < -0.39 is 5.97 Å². The highest BCUT2D eigenvalue weighted by Crippen LogP contribution is 2.30. The molecule has 307 valence electrons. The van der Waals surface area contributed by atoms with Crippen molar-refractivity contribution >= 4 is 5.97 Å². The van der Waals surface area contributed by atoms with Crippen LogP contribution in [0, 0.1) is 31.6 Å². The molecule has 14 nitrogen and oxygen atoms in total. The van der Waals surface area contributed by atoms with Gasteiger partial charge in [-0.3, -0.25) is 4.79 Å². The number of ether oxygens (including phenoxy) is 13. The average molecular weight is 792 g/mol. The van der Waals surface area contributed by atoms with Gasteiger partial charge in [-0.25, -0.2) is 0 Å². The lowest BCUT2D eigenvalue weighted by atomic mass is 10.1. The van der Waals surface area contributed by atoms with E-state index in [9.17, 15) is 4.79 Å². The van der Waals surface area contributed by atoms with Gasteiger partial charge in [0, 0.05) is 18.2 Å². The highest BCUT2D eigenvalue weighted by molar-refractivity contribution is 5.91. The van der Waals surface area contributed by atoms with E-state index in [1.54, 1.807) is 31.7 Å². The molecule has 0 aromatic heterocycles. The molecule has 6 rings (SSSR count). The normalized spacial score (nSPS) is 19.2. The lowest BCUT2D eigenvalue weighted by Crippen LogP contribution is -2.15. The number of hydrogen-bond acceptors (Lipinski definition) is 14. The van der Waals surface area contributed by atoms with E-state index in [4.69, 9.17) is 61.6 Å². The van der Waals surface area contributed by atoms with Crippen molar-refractivity contribution in [3.05, 3.63) is 103 Å². The quantitative estimate of drug-likeness (QED) is 0.332. The Hall–Kier alpha value is -4.31. The molecular formula is C43H51O14. The monoisotopic (exact) mass is 791 g/mol. The van der Waals surface area contributed by atoms with Crippen LogP contribution in [0.3, 0.4) is 0 Å². The Morgan fingerprint density at radius 2 is 0.719 bits per heavy atom. The van der Waals surface area contributed by atoms with Crippen molar-refractivity contribution in [3.63, 3.8) is 0 Å². The van der Waals surface area contributed by atoms with Crippen LogP contribution in [0.4, 0.5) is 0 Å². The van der Waals surface area contributed by atoms with Crippen LogP contribution in [0.2, 0.25) is 0 Å². The van der Waals surface area contributed by atoms with E-state index in [-0.39, 0.29) is 19.8 Å². The largest absolute Gasteiger partial charge is 0.491 e. The third-order valence-electron chi connectivity index (χ3n) is 8.37. The predicted molar refractivity (Wildman–Crippen MR) is 205 cm³/mol. The summed E-state index contributed by atoms with van der Waals surface area (Å²) >= 11 is 0. The summed E-state index contributed by atoms with van der Waals surface area (Å²) in [6, 6.07) is 16.6. The number of esters is 1. The molecule has 5 radical (unpaired) electrons. The molecule has 2 heterocycles. The highest BCUT2D eigenvalue weighted by atomic mass is 16.6. The molecule has 2 aliphatic heterocycles. The molecule has 0 saturated heterocycles. The molecule has 57 heavy (non-hydrogen) atoms. The van der Waals surface area contributed by atoms with Gasteiger partial charge in [-0.05, 0) is 78.8 Å². The van der Waals surface area contributed by atoms with Crippen LogP contribution in [-0.4, -0.2) is 112 Å². The van der Waals surface area contributed by atoms with E-state index in [1.165, 1.54) is 0 Å². The first kappa shape index (κ1) is 42.3. The zero-order valence-corrected chi connectivity index (χ0v) is 32.2. The van der Waals surface area contributed by atoms with Gasteiger partial charge >= 0.3 is 5.97 Å². The molecule has 3 aromatic carbocycles. The minimum absolute atomic E-state index is 0.00668. The summed E-state index contributed by atoms with van der Waals surface area (Å²) in [5.41, 5.74) is 2.29. The maximum Gasteiger partial charge on any atom is 0.314 e. The first-order valence-corrected chi connectivity index (χ1v) is 19.2. The summed E-state index contributed by atoms with van der Waals surface area (Å²) in [5, 5.41) is 0. The van der Waals surface area contributed by atoms with Gasteiger partial charge in [0.2, 0.25) is 0 Å². The van der Waals surface area contributed by atoms with Gasteiger partial charge in [0.25, 0.3) is 0 Å². The summed E-state index contributed by atoms with van der Waals surface area (Å²) < 4.78 is 76.7. The smallest absolute Gasteiger partial charge is 0.314 e. The standard InChI is InChI=1S/C43H51O14/c44-43(36-3-1-2-4-36)57-32-35-25-41-29-42(26-35)56-31-34-23-39-28-40(24-34)54-20-16-50-12-8-46-7-11-49-15-19-53-38-22-33(30-55-41)21-37(27-38)51-17-13-47-9-5-45-6-10-48-14-18-52-39/h1-4,21-29H,5-20,30-32H2. The zero-order chi connectivity index (χ0) is 39.2. The summed E-state index contributed by atoms with van der Waals surface area (Å²) in [7, 11) is 0. The lowest BCUT2D eigenvalue weighted by molar-refractivity contribution is -0.141. The van der Waals surface area contributed by atoms with E-state index >= 15 is 0 Å². The topological polar surface area (TPSA) is 137 Å². The van der Waals surface area contributed by atoms with Gasteiger partial charge in [0.05, 0.1) is 85.2 Å². The molecule has 3 aromatic rings. The molecule has 3 aliphatic rings. The van der Waals surface area contributed by atoms with Crippen molar-refractivity contribution in [2.75, 3.05) is 106 Å². The summed E-state index contributed by atoms with van der Waals surface area (Å²) in [5.74, 6) is 3.46. The van der Waals surface area contributed by atoms with E-state index in [0.717, 1.165) is 11.1 Å². The van der Waals surface area contributed by atoms with Crippen LogP contribution in [0.1, 0.15) is 16.7 Å². The van der Waals surface area contributed by atoms with Gasteiger partial charge < -0.3 is 61.6 Å². The van der Waals surface area contributed by atoms with Crippen molar-refractivity contribution in [2.24, 2.45) is 0 Å². The number of benzene rings is 3. The Morgan fingerprint density at radius 3 is 1.07 bits per heavy atom. The van der Waals surface area contributed by atoms with Crippen LogP contribution >= 0.6 is 0 Å². The molecule has 1 aliphatic carbocycles. The molecule has 14 heteroatoms. The Labute approximate surface area is 334 Å². The number of rotatable bonds is 3. The van der Waals surface area contributed by atoms with Crippen LogP contribution < -0.4 is 28.4 Å². The maximum absolute atomic E-state index is 12.7. The van der Waals surface area contributed by atoms with Gasteiger partial charge in [-0.2, -0.15) is 0 Å². The second kappa shape index (κ2) is 24.5. The fourth-order valence-corrected chi connectivity index (χ4v) is 5.68. The Kier molecular flexibility index (Phi) is 18.2. The van der Waals surface area contributed by atoms with Crippen molar-refractivity contribution in [1.82, 2.24) is 0 Å². The molecule has 1 saturated carbocycles. The number of fused-ring (bicyclic) bond motifs is 6. The first-order valence-electron chi connectivity index (χ1n) is 19.2. The molecule has 0 atom stereocenters. The van der Waals surface area contributed by atoms with E-state index in [0.29, 0.717) is 152 Å². The molecule has 1 fully saturated rings. The van der Waals surface area contributed by atoms with Gasteiger partial charge in [0.1, 0.15) is 80.7 Å². The number of carbonyl (C=O) groups is 1. The molecule has 0 spiro atoms. The first-order chi connectivity index (χ1) is 28.2. The van der Waals surface area contributed by atoms with Crippen LogP contribution in [0.15, 0.2) is 54.6 Å².